The largest absolute Gasteiger partial charge is 0.451 e. The number of thiophene rings is 1. The highest BCUT2D eigenvalue weighted by atomic mass is 32.1. The van der Waals surface area contributed by atoms with E-state index < -0.39 is 5.97 Å². The van der Waals surface area contributed by atoms with Gasteiger partial charge in [-0.2, -0.15) is 0 Å². The smallest absolute Gasteiger partial charge is 0.348 e. The predicted molar refractivity (Wildman–Crippen MR) is 106 cm³/mol. The topological polar surface area (TPSA) is 55.4 Å². The predicted octanol–water partition coefficient (Wildman–Crippen LogP) is 4.39. The first-order chi connectivity index (χ1) is 13.1. The van der Waals surface area contributed by atoms with Crippen molar-refractivity contribution in [2.45, 2.75) is 38.5 Å². The van der Waals surface area contributed by atoms with E-state index in [9.17, 15) is 9.59 Å². The molecule has 0 atom stereocenters. The first-order valence-corrected chi connectivity index (χ1v) is 10.8. The number of carbonyl (C=O) groups excluding carboxylic acids is 2. The van der Waals surface area contributed by atoms with E-state index in [0.717, 1.165) is 34.4 Å². The van der Waals surface area contributed by atoms with E-state index in [1.165, 1.54) is 49.9 Å². The fourth-order valence-electron chi connectivity index (χ4n) is 6.13. The monoisotopic (exact) mass is 383 g/mol. The fourth-order valence-corrected chi connectivity index (χ4v) is 7.08. The number of rotatable bonds is 5. The molecular weight excluding hydrogens is 358 g/mol. The highest BCUT2D eigenvalue weighted by Gasteiger charge is 2.50. The summed E-state index contributed by atoms with van der Waals surface area (Å²) >= 11 is 1.40. The SMILES string of the molecule is O=C(COC(=O)c1cc2ccccc2s1)NCC12CC3CC(CC(C3)C1)C2. The zero-order valence-corrected chi connectivity index (χ0v) is 16.2. The third kappa shape index (κ3) is 3.38. The molecule has 1 amide bonds. The minimum atomic E-state index is -0.416. The zero-order chi connectivity index (χ0) is 18.4. The number of hydrogen-bond acceptors (Lipinski definition) is 4. The molecule has 4 nitrogen and oxygen atoms in total. The highest BCUT2D eigenvalue weighted by molar-refractivity contribution is 7.20. The lowest BCUT2D eigenvalue weighted by Crippen LogP contribution is -2.51. The molecule has 142 valence electrons. The van der Waals surface area contributed by atoms with Crippen LogP contribution < -0.4 is 5.32 Å². The molecule has 0 radical (unpaired) electrons. The Morgan fingerprint density at radius 3 is 2.41 bits per heavy atom. The quantitative estimate of drug-likeness (QED) is 0.779. The van der Waals surface area contributed by atoms with Crippen LogP contribution in [0.2, 0.25) is 0 Å². The molecule has 4 bridgehead atoms. The van der Waals surface area contributed by atoms with Gasteiger partial charge in [-0.1, -0.05) is 18.2 Å². The van der Waals surface area contributed by atoms with Crippen molar-refractivity contribution in [3.8, 4) is 0 Å². The molecule has 0 saturated heterocycles. The van der Waals surface area contributed by atoms with Crippen LogP contribution in [0.3, 0.4) is 0 Å². The van der Waals surface area contributed by atoms with Crippen molar-refractivity contribution in [3.05, 3.63) is 35.2 Å². The normalized spacial score (nSPS) is 31.2. The van der Waals surface area contributed by atoms with Gasteiger partial charge in [-0.05, 0) is 79.2 Å². The van der Waals surface area contributed by atoms with Crippen molar-refractivity contribution in [2.24, 2.45) is 23.2 Å². The Kier molecular flexibility index (Phi) is 4.23. The van der Waals surface area contributed by atoms with Crippen LogP contribution in [0, 0.1) is 23.2 Å². The number of ether oxygens (including phenoxy) is 1. The van der Waals surface area contributed by atoms with Gasteiger partial charge in [0.05, 0.1) is 0 Å². The second-order valence-electron chi connectivity index (χ2n) is 8.92. The summed E-state index contributed by atoms with van der Waals surface area (Å²) in [6, 6.07) is 9.68. The van der Waals surface area contributed by atoms with Crippen LogP contribution in [0.5, 0.6) is 0 Å². The number of fused-ring (bicyclic) bond motifs is 1. The number of benzene rings is 1. The van der Waals surface area contributed by atoms with E-state index in [4.69, 9.17) is 4.74 Å². The molecule has 1 aromatic carbocycles. The standard InChI is InChI=1S/C22H25NO3S/c24-20(12-26-21(25)19-8-17-3-1-2-4-18(17)27-19)23-13-22-9-14-5-15(10-22)7-16(6-14)11-22/h1-4,8,14-16H,5-7,9-13H2,(H,23,24). The van der Waals surface area contributed by atoms with Crippen LogP contribution in [0.1, 0.15) is 48.2 Å². The summed E-state index contributed by atoms with van der Waals surface area (Å²) in [5, 5.41) is 4.09. The van der Waals surface area contributed by atoms with Gasteiger partial charge in [0.15, 0.2) is 6.61 Å². The maximum absolute atomic E-state index is 12.3. The third-order valence-corrected chi connectivity index (χ3v) is 7.88. The minimum absolute atomic E-state index is 0.180. The summed E-state index contributed by atoms with van der Waals surface area (Å²) in [6.07, 6.45) is 8.00. The van der Waals surface area contributed by atoms with Gasteiger partial charge in [-0.25, -0.2) is 4.79 Å². The lowest BCUT2D eigenvalue weighted by molar-refractivity contribution is -0.126. The van der Waals surface area contributed by atoms with E-state index in [1.807, 2.05) is 30.3 Å². The van der Waals surface area contributed by atoms with Gasteiger partial charge in [0.2, 0.25) is 0 Å². The van der Waals surface area contributed by atoms with E-state index in [2.05, 4.69) is 5.32 Å². The van der Waals surface area contributed by atoms with E-state index >= 15 is 0 Å². The summed E-state index contributed by atoms with van der Waals surface area (Å²) < 4.78 is 6.30. The minimum Gasteiger partial charge on any atom is -0.451 e. The van der Waals surface area contributed by atoms with E-state index in [0.29, 0.717) is 10.3 Å². The summed E-state index contributed by atoms with van der Waals surface area (Å²) in [4.78, 5) is 25.1. The van der Waals surface area contributed by atoms with Crippen LogP contribution in [-0.2, 0) is 9.53 Å². The first-order valence-electron chi connectivity index (χ1n) is 10.0. The van der Waals surface area contributed by atoms with Gasteiger partial charge in [-0.15, -0.1) is 11.3 Å². The van der Waals surface area contributed by atoms with Crippen molar-refractivity contribution >= 4 is 33.3 Å². The number of nitrogens with one attached hydrogen (secondary N) is 1. The Balaban J connectivity index is 1.14. The van der Waals surface area contributed by atoms with Crippen molar-refractivity contribution < 1.29 is 14.3 Å². The van der Waals surface area contributed by atoms with E-state index in [-0.39, 0.29) is 12.5 Å². The molecule has 1 N–H and O–H groups in total. The molecule has 27 heavy (non-hydrogen) atoms. The molecule has 4 aliphatic rings. The molecular formula is C22H25NO3S. The first kappa shape index (κ1) is 17.2. The molecule has 2 aromatic rings. The summed E-state index contributed by atoms with van der Waals surface area (Å²) in [5.74, 6) is 2.03. The zero-order valence-electron chi connectivity index (χ0n) is 15.4. The fraction of sp³-hybridized carbons (Fsp3) is 0.545. The number of esters is 1. The molecule has 4 saturated carbocycles. The summed E-state index contributed by atoms with van der Waals surface area (Å²) in [7, 11) is 0. The van der Waals surface area contributed by atoms with Crippen molar-refractivity contribution in [2.75, 3.05) is 13.2 Å². The Morgan fingerprint density at radius 2 is 1.74 bits per heavy atom. The van der Waals surface area contributed by atoms with Crippen LogP contribution >= 0.6 is 11.3 Å². The van der Waals surface area contributed by atoms with Gasteiger partial charge in [-0.3, -0.25) is 4.79 Å². The Labute approximate surface area is 163 Å². The number of amides is 1. The highest BCUT2D eigenvalue weighted by Crippen LogP contribution is 2.59. The van der Waals surface area contributed by atoms with Crippen LogP contribution in [0.15, 0.2) is 30.3 Å². The molecule has 4 fully saturated rings. The average molecular weight is 384 g/mol. The molecule has 4 aliphatic carbocycles. The molecule has 0 unspecified atom stereocenters. The maximum Gasteiger partial charge on any atom is 0.348 e. The molecule has 5 heteroatoms. The van der Waals surface area contributed by atoms with Crippen molar-refractivity contribution in [1.82, 2.24) is 5.32 Å². The lowest BCUT2D eigenvalue weighted by atomic mass is 9.49. The Hall–Kier alpha value is -1.88. The Morgan fingerprint density at radius 1 is 1.07 bits per heavy atom. The average Bonchev–Trinajstić information content (AvgIpc) is 3.08. The summed E-state index contributed by atoms with van der Waals surface area (Å²) in [6.45, 7) is 0.551. The molecule has 0 spiro atoms. The van der Waals surface area contributed by atoms with Crippen LogP contribution in [0.4, 0.5) is 0 Å². The second-order valence-corrected chi connectivity index (χ2v) is 10.0. The van der Waals surface area contributed by atoms with E-state index in [1.54, 1.807) is 0 Å². The van der Waals surface area contributed by atoms with Crippen LogP contribution in [-0.4, -0.2) is 25.0 Å². The number of carbonyl (C=O) groups is 2. The van der Waals surface area contributed by atoms with Gasteiger partial charge < -0.3 is 10.1 Å². The maximum atomic E-state index is 12.3. The molecule has 1 heterocycles. The summed E-state index contributed by atoms with van der Waals surface area (Å²) in [5.41, 5.74) is 0.305. The van der Waals surface area contributed by atoms with Gasteiger partial charge >= 0.3 is 5.97 Å². The lowest BCUT2D eigenvalue weighted by Gasteiger charge is -2.56. The molecule has 1 aromatic heterocycles. The second kappa shape index (κ2) is 6.62. The molecule has 0 aliphatic heterocycles. The number of hydrogen-bond donors (Lipinski definition) is 1. The van der Waals surface area contributed by atoms with Gasteiger partial charge in [0.1, 0.15) is 4.88 Å². The third-order valence-electron chi connectivity index (χ3n) is 6.79. The van der Waals surface area contributed by atoms with Crippen molar-refractivity contribution in [1.29, 1.82) is 0 Å². The Bertz CT molecular complexity index is 818. The van der Waals surface area contributed by atoms with Crippen molar-refractivity contribution in [3.63, 3.8) is 0 Å². The van der Waals surface area contributed by atoms with Crippen LogP contribution in [0.25, 0.3) is 10.1 Å². The van der Waals surface area contributed by atoms with Gasteiger partial charge in [0, 0.05) is 11.2 Å². The van der Waals surface area contributed by atoms with Gasteiger partial charge in [0.25, 0.3) is 5.91 Å². The molecule has 6 rings (SSSR count).